The lowest BCUT2D eigenvalue weighted by Crippen LogP contribution is -2.50. The van der Waals surface area contributed by atoms with Gasteiger partial charge in [0.2, 0.25) is 0 Å². The standard InChI is InChI=1S/C24H34BrN3O2/c1-24(2)19-5-4-18(22(24)16-19)17-28(11-3-10-27-12-14-30-15-13-27)23(29)26-21-8-6-20(25)7-9-21/h4,6-9,19,22H,3,5,10-17H2,1-2H3,(H,26,29). The molecule has 30 heavy (non-hydrogen) atoms. The minimum absolute atomic E-state index is 0.000506. The summed E-state index contributed by atoms with van der Waals surface area (Å²) in [6, 6.07) is 7.79. The van der Waals surface area contributed by atoms with E-state index in [9.17, 15) is 4.79 Å². The molecular weight excluding hydrogens is 442 g/mol. The molecule has 2 amide bonds. The van der Waals surface area contributed by atoms with Gasteiger partial charge in [-0.2, -0.15) is 0 Å². The van der Waals surface area contributed by atoms with Gasteiger partial charge >= 0.3 is 6.03 Å². The Balaban J connectivity index is 1.39. The topological polar surface area (TPSA) is 44.8 Å². The third kappa shape index (κ3) is 4.92. The highest BCUT2D eigenvalue weighted by Gasteiger charge is 2.51. The molecule has 0 spiro atoms. The van der Waals surface area contributed by atoms with Crippen molar-refractivity contribution in [3.8, 4) is 0 Å². The smallest absolute Gasteiger partial charge is 0.322 e. The number of halogens is 1. The van der Waals surface area contributed by atoms with Crippen LogP contribution >= 0.6 is 15.9 Å². The highest BCUT2D eigenvalue weighted by molar-refractivity contribution is 9.10. The van der Waals surface area contributed by atoms with Crippen LogP contribution in [-0.2, 0) is 4.74 Å². The molecule has 1 saturated carbocycles. The molecule has 3 aliphatic carbocycles. The molecule has 2 bridgehead atoms. The van der Waals surface area contributed by atoms with Gasteiger partial charge in [-0.25, -0.2) is 4.79 Å². The van der Waals surface area contributed by atoms with Crippen LogP contribution < -0.4 is 5.32 Å². The predicted octanol–water partition coefficient (Wildman–Crippen LogP) is 5.00. The molecule has 1 aromatic carbocycles. The van der Waals surface area contributed by atoms with Crippen molar-refractivity contribution >= 4 is 27.6 Å². The van der Waals surface area contributed by atoms with Gasteiger partial charge in [0.05, 0.1) is 13.2 Å². The Hall–Kier alpha value is -1.37. The molecular formula is C24H34BrN3O2. The SMILES string of the molecule is CC1(C)C2CC=C(CN(CCCN3CCOCC3)C(=O)Nc3ccc(Br)cc3)C1C2. The van der Waals surface area contributed by atoms with E-state index in [1.165, 1.54) is 12.0 Å². The maximum atomic E-state index is 13.2. The molecule has 1 N–H and O–H groups in total. The van der Waals surface area contributed by atoms with Gasteiger partial charge in [-0.05, 0) is 60.8 Å². The molecule has 0 radical (unpaired) electrons. The Bertz CT molecular complexity index is 771. The fourth-order valence-corrected chi connectivity index (χ4v) is 5.44. The van der Waals surface area contributed by atoms with Crippen molar-refractivity contribution in [2.24, 2.45) is 17.3 Å². The summed E-state index contributed by atoms with van der Waals surface area (Å²) in [4.78, 5) is 17.6. The molecule has 2 atom stereocenters. The number of benzene rings is 1. The van der Waals surface area contributed by atoms with E-state index in [2.05, 4.69) is 46.1 Å². The summed E-state index contributed by atoms with van der Waals surface area (Å²) in [6.07, 6.45) is 5.84. The average molecular weight is 476 g/mol. The van der Waals surface area contributed by atoms with Gasteiger partial charge in [-0.1, -0.05) is 41.4 Å². The lowest BCUT2D eigenvalue weighted by molar-refractivity contribution is -0.00964. The number of allylic oxidation sites excluding steroid dienone is 1. The number of ether oxygens (including phenoxy) is 1. The van der Waals surface area contributed by atoms with Crippen molar-refractivity contribution in [3.05, 3.63) is 40.4 Å². The van der Waals surface area contributed by atoms with E-state index in [1.807, 2.05) is 29.2 Å². The molecule has 0 aromatic heterocycles. The van der Waals surface area contributed by atoms with Crippen LogP contribution in [0.5, 0.6) is 0 Å². The van der Waals surface area contributed by atoms with Gasteiger partial charge in [0.1, 0.15) is 0 Å². The number of fused-ring (bicyclic) bond motifs is 1. The monoisotopic (exact) mass is 475 g/mol. The second kappa shape index (κ2) is 9.41. The van der Waals surface area contributed by atoms with Gasteiger partial charge in [0, 0.05) is 42.9 Å². The number of nitrogens with zero attached hydrogens (tertiary/aromatic N) is 2. The molecule has 1 heterocycles. The second-order valence-electron chi connectivity index (χ2n) is 9.49. The molecule has 1 aliphatic heterocycles. The summed E-state index contributed by atoms with van der Waals surface area (Å²) >= 11 is 3.46. The molecule has 1 saturated heterocycles. The maximum Gasteiger partial charge on any atom is 0.322 e. The van der Waals surface area contributed by atoms with Crippen LogP contribution in [-0.4, -0.2) is 61.8 Å². The molecule has 5 nitrogen and oxygen atoms in total. The number of carbonyl (C=O) groups is 1. The fraction of sp³-hybridized carbons (Fsp3) is 0.625. The highest BCUT2D eigenvalue weighted by Crippen LogP contribution is 2.59. The number of rotatable bonds is 7. The average Bonchev–Trinajstić information content (AvgIpc) is 2.75. The minimum Gasteiger partial charge on any atom is -0.379 e. The van der Waals surface area contributed by atoms with E-state index < -0.39 is 0 Å². The number of hydrogen-bond acceptors (Lipinski definition) is 3. The first-order chi connectivity index (χ1) is 14.4. The van der Waals surface area contributed by atoms with Gasteiger partial charge in [-0.3, -0.25) is 4.90 Å². The number of carbonyl (C=O) groups excluding carboxylic acids is 1. The molecule has 6 heteroatoms. The third-order valence-electron chi connectivity index (χ3n) is 7.34. The summed E-state index contributed by atoms with van der Waals surface area (Å²) in [5, 5.41) is 3.10. The summed E-state index contributed by atoms with van der Waals surface area (Å²) < 4.78 is 6.46. The Labute approximate surface area is 189 Å². The minimum atomic E-state index is -0.000506. The van der Waals surface area contributed by atoms with Crippen molar-refractivity contribution in [2.75, 3.05) is 51.3 Å². The lowest BCUT2D eigenvalue weighted by atomic mass is 9.49. The first-order valence-corrected chi connectivity index (χ1v) is 12.0. The Morgan fingerprint density at radius 2 is 2.00 bits per heavy atom. The van der Waals surface area contributed by atoms with E-state index in [1.54, 1.807) is 0 Å². The van der Waals surface area contributed by atoms with Gasteiger partial charge < -0.3 is 15.0 Å². The van der Waals surface area contributed by atoms with Crippen molar-refractivity contribution in [1.29, 1.82) is 0 Å². The predicted molar refractivity (Wildman–Crippen MR) is 125 cm³/mol. The van der Waals surface area contributed by atoms with Crippen molar-refractivity contribution < 1.29 is 9.53 Å². The van der Waals surface area contributed by atoms with Crippen LogP contribution in [0.4, 0.5) is 10.5 Å². The largest absolute Gasteiger partial charge is 0.379 e. The number of anilines is 1. The molecule has 1 aromatic rings. The van der Waals surface area contributed by atoms with Crippen LogP contribution in [0.25, 0.3) is 0 Å². The third-order valence-corrected chi connectivity index (χ3v) is 7.87. The Morgan fingerprint density at radius 1 is 1.27 bits per heavy atom. The molecule has 2 fully saturated rings. The zero-order valence-corrected chi connectivity index (χ0v) is 19.8. The van der Waals surface area contributed by atoms with Gasteiger partial charge in [0.25, 0.3) is 0 Å². The van der Waals surface area contributed by atoms with Gasteiger partial charge in [-0.15, -0.1) is 0 Å². The first kappa shape index (κ1) is 21.8. The summed E-state index contributed by atoms with van der Waals surface area (Å²) in [7, 11) is 0. The zero-order chi connectivity index (χ0) is 21.1. The molecule has 164 valence electrons. The number of urea groups is 1. The fourth-order valence-electron chi connectivity index (χ4n) is 5.17. The van der Waals surface area contributed by atoms with Crippen molar-refractivity contribution in [2.45, 2.75) is 33.1 Å². The molecule has 4 aliphatic rings. The van der Waals surface area contributed by atoms with Crippen LogP contribution in [0.2, 0.25) is 0 Å². The van der Waals surface area contributed by atoms with Crippen LogP contribution in [0.15, 0.2) is 40.4 Å². The molecule has 2 unspecified atom stereocenters. The van der Waals surface area contributed by atoms with Crippen molar-refractivity contribution in [1.82, 2.24) is 9.80 Å². The molecule has 5 rings (SSSR count). The first-order valence-electron chi connectivity index (χ1n) is 11.2. The number of amides is 2. The number of morpholine rings is 1. The number of hydrogen-bond donors (Lipinski definition) is 1. The maximum absolute atomic E-state index is 13.2. The van der Waals surface area contributed by atoms with Crippen LogP contribution in [0.1, 0.15) is 33.1 Å². The summed E-state index contributed by atoms with van der Waals surface area (Å²) in [6.45, 7) is 10.9. The second-order valence-corrected chi connectivity index (χ2v) is 10.4. The van der Waals surface area contributed by atoms with Crippen LogP contribution in [0.3, 0.4) is 0 Å². The normalized spacial score (nSPS) is 25.2. The van der Waals surface area contributed by atoms with Crippen molar-refractivity contribution in [3.63, 3.8) is 0 Å². The zero-order valence-electron chi connectivity index (χ0n) is 18.2. The van der Waals surface area contributed by atoms with E-state index in [4.69, 9.17) is 4.74 Å². The van der Waals surface area contributed by atoms with Gasteiger partial charge in [0.15, 0.2) is 0 Å². The Morgan fingerprint density at radius 3 is 2.67 bits per heavy atom. The summed E-state index contributed by atoms with van der Waals surface area (Å²) in [5.41, 5.74) is 2.68. The van der Waals surface area contributed by atoms with E-state index in [-0.39, 0.29) is 6.03 Å². The number of nitrogens with one attached hydrogen (secondary N) is 1. The summed E-state index contributed by atoms with van der Waals surface area (Å²) in [5.74, 6) is 1.44. The highest BCUT2D eigenvalue weighted by atomic mass is 79.9. The van der Waals surface area contributed by atoms with E-state index in [0.717, 1.165) is 74.9 Å². The Kier molecular flexibility index (Phi) is 6.85. The van der Waals surface area contributed by atoms with E-state index >= 15 is 0 Å². The van der Waals surface area contributed by atoms with Crippen LogP contribution in [0, 0.1) is 17.3 Å². The lowest BCUT2D eigenvalue weighted by Gasteiger charge is -2.57. The van der Waals surface area contributed by atoms with E-state index in [0.29, 0.717) is 11.3 Å². The quantitative estimate of drug-likeness (QED) is 0.564.